The summed E-state index contributed by atoms with van der Waals surface area (Å²) in [5, 5.41) is 5.15. The molecule has 4 aromatic rings. The molecular weight excluding hydrogens is 366 g/mol. The molecule has 6 rings (SSSR count). The first kappa shape index (κ1) is 17.9. The Bertz CT molecular complexity index is 1330. The van der Waals surface area contributed by atoms with E-state index in [9.17, 15) is 0 Å². The smallest absolute Gasteiger partial charge is 0.228 e. The average molecular weight is 395 g/mol. The summed E-state index contributed by atoms with van der Waals surface area (Å²) in [5.74, 6) is 2.84. The van der Waals surface area contributed by atoms with Crippen molar-refractivity contribution in [2.24, 2.45) is 13.0 Å². The normalized spacial score (nSPS) is 15.6. The van der Waals surface area contributed by atoms with Gasteiger partial charge in [-0.2, -0.15) is 0 Å². The van der Waals surface area contributed by atoms with Gasteiger partial charge in [-0.1, -0.05) is 49.9 Å². The number of benzene rings is 3. The minimum atomic E-state index is 0.832. The predicted molar refractivity (Wildman–Crippen MR) is 123 cm³/mol. The largest absolute Gasteiger partial charge is 0.456 e. The lowest BCUT2D eigenvalue weighted by molar-refractivity contribution is -0.659. The van der Waals surface area contributed by atoms with Crippen LogP contribution in [-0.4, -0.2) is 0 Å². The minimum absolute atomic E-state index is 0.832. The highest BCUT2D eigenvalue weighted by Crippen LogP contribution is 2.49. The van der Waals surface area contributed by atoms with Crippen LogP contribution >= 0.6 is 0 Å². The van der Waals surface area contributed by atoms with Gasteiger partial charge in [0.25, 0.3) is 0 Å². The molecule has 0 spiro atoms. The number of nitrogens with zero attached hydrogens (tertiary/aromatic N) is 1. The SMILES string of the molecule is Cc1cccc2cc3c(c(C)c12)-c1c2c(cc(CC4CCCC4)cc2cc[n+]1C)O3. The maximum Gasteiger partial charge on any atom is 0.228 e. The molecule has 0 bridgehead atoms. The van der Waals surface area contributed by atoms with Gasteiger partial charge in [0.05, 0.1) is 10.9 Å². The number of aromatic nitrogens is 1. The van der Waals surface area contributed by atoms with Crippen molar-refractivity contribution in [3.8, 4) is 22.8 Å². The van der Waals surface area contributed by atoms with E-state index >= 15 is 0 Å². The van der Waals surface area contributed by atoms with Gasteiger partial charge < -0.3 is 4.74 Å². The quantitative estimate of drug-likeness (QED) is 0.296. The number of rotatable bonds is 2. The highest BCUT2D eigenvalue weighted by atomic mass is 16.5. The highest BCUT2D eigenvalue weighted by molar-refractivity contribution is 6.05. The van der Waals surface area contributed by atoms with Gasteiger partial charge in [-0.25, -0.2) is 4.57 Å². The van der Waals surface area contributed by atoms with Gasteiger partial charge >= 0.3 is 0 Å². The zero-order valence-corrected chi connectivity index (χ0v) is 18.1. The van der Waals surface area contributed by atoms with Crippen LogP contribution in [0.5, 0.6) is 11.5 Å². The summed E-state index contributed by atoms with van der Waals surface area (Å²) in [6.45, 7) is 4.45. The van der Waals surface area contributed by atoms with Crippen LogP contribution in [0, 0.1) is 19.8 Å². The second kappa shape index (κ2) is 6.57. The first-order chi connectivity index (χ1) is 14.6. The maximum absolute atomic E-state index is 6.63. The van der Waals surface area contributed by atoms with E-state index in [1.165, 1.54) is 81.6 Å². The lowest BCUT2D eigenvalue weighted by Crippen LogP contribution is -2.31. The molecule has 0 atom stereocenters. The molecule has 0 N–H and O–H groups in total. The van der Waals surface area contributed by atoms with Crippen LogP contribution in [-0.2, 0) is 13.5 Å². The number of pyridine rings is 1. The second-order valence-electron chi connectivity index (χ2n) is 9.34. The predicted octanol–water partition coefficient (Wildman–Crippen LogP) is 6.94. The Morgan fingerprint density at radius 2 is 1.73 bits per heavy atom. The summed E-state index contributed by atoms with van der Waals surface area (Å²) in [6.07, 6.45) is 8.90. The molecule has 2 heterocycles. The van der Waals surface area contributed by atoms with Crippen LogP contribution in [0.3, 0.4) is 0 Å². The van der Waals surface area contributed by atoms with Gasteiger partial charge in [0.2, 0.25) is 5.69 Å². The topological polar surface area (TPSA) is 13.1 Å². The van der Waals surface area contributed by atoms with E-state index in [0.29, 0.717) is 0 Å². The molecule has 150 valence electrons. The van der Waals surface area contributed by atoms with Crippen molar-refractivity contribution < 1.29 is 9.30 Å². The van der Waals surface area contributed by atoms with E-state index in [1.807, 2.05) is 0 Å². The van der Waals surface area contributed by atoms with E-state index in [1.54, 1.807) is 0 Å². The Morgan fingerprint density at radius 1 is 0.933 bits per heavy atom. The molecule has 0 unspecified atom stereocenters. The van der Waals surface area contributed by atoms with Gasteiger partial charge in [-0.05, 0) is 71.2 Å². The number of hydrogen-bond donors (Lipinski definition) is 0. The van der Waals surface area contributed by atoms with E-state index in [4.69, 9.17) is 4.74 Å². The van der Waals surface area contributed by atoms with E-state index < -0.39 is 0 Å². The molecule has 1 aliphatic carbocycles. The molecule has 0 amide bonds. The molecular formula is C28H28NO+. The molecule has 2 aliphatic rings. The van der Waals surface area contributed by atoms with E-state index in [-0.39, 0.29) is 0 Å². The number of hydrogen-bond acceptors (Lipinski definition) is 1. The van der Waals surface area contributed by atoms with Crippen LogP contribution in [0.2, 0.25) is 0 Å². The minimum Gasteiger partial charge on any atom is -0.456 e. The van der Waals surface area contributed by atoms with Gasteiger partial charge in [0.1, 0.15) is 18.5 Å². The maximum atomic E-state index is 6.63. The van der Waals surface area contributed by atoms with Gasteiger partial charge in [-0.15, -0.1) is 0 Å². The molecule has 2 heteroatoms. The van der Waals surface area contributed by atoms with Crippen molar-refractivity contribution in [2.45, 2.75) is 46.0 Å². The zero-order valence-electron chi connectivity index (χ0n) is 18.1. The third-order valence-electron chi connectivity index (χ3n) is 7.30. The summed E-state index contributed by atoms with van der Waals surface area (Å²) >= 11 is 0. The van der Waals surface area contributed by atoms with Crippen molar-refractivity contribution in [3.63, 3.8) is 0 Å². The van der Waals surface area contributed by atoms with E-state index in [0.717, 1.165) is 17.4 Å². The van der Waals surface area contributed by atoms with Crippen LogP contribution in [0.15, 0.2) is 48.7 Å². The Labute approximate surface area is 178 Å². The molecule has 3 aromatic carbocycles. The molecule has 2 nitrogen and oxygen atoms in total. The van der Waals surface area contributed by atoms with Crippen molar-refractivity contribution in [1.29, 1.82) is 0 Å². The van der Waals surface area contributed by atoms with Gasteiger partial charge in [-0.3, -0.25) is 0 Å². The van der Waals surface area contributed by atoms with E-state index in [2.05, 4.69) is 74.1 Å². The first-order valence-electron chi connectivity index (χ1n) is 11.3. The highest BCUT2D eigenvalue weighted by Gasteiger charge is 2.31. The third kappa shape index (κ3) is 2.59. The average Bonchev–Trinajstić information content (AvgIpc) is 3.23. The summed E-state index contributed by atoms with van der Waals surface area (Å²) in [5.41, 5.74) is 6.56. The fourth-order valence-corrected chi connectivity index (χ4v) is 5.91. The molecule has 30 heavy (non-hydrogen) atoms. The Balaban J connectivity index is 1.62. The first-order valence-corrected chi connectivity index (χ1v) is 11.3. The van der Waals surface area contributed by atoms with Crippen LogP contribution in [0.1, 0.15) is 42.4 Å². The Morgan fingerprint density at radius 3 is 2.57 bits per heavy atom. The lowest BCUT2D eigenvalue weighted by atomic mass is 9.89. The molecule has 1 aromatic heterocycles. The fraction of sp³-hybridized carbons (Fsp3) is 0.321. The monoisotopic (exact) mass is 394 g/mol. The summed E-state index contributed by atoms with van der Waals surface area (Å²) in [7, 11) is 2.15. The zero-order chi connectivity index (χ0) is 20.4. The third-order valence-corrected chi connectivity index (χ3v) is 7.30. The lowest BCUT2D eigenvalue weighted by Gasteiger charge is -2.23. The van der Waals surface area contributed by atoms with Crippen molar-refractivity contribution >= 4 is 21.5 Å². The van der Waals surface area contributed by atoms with Crippen LogP contribution < -0.4 is 9.30 Å². The fourth-order valence-electron chi connectivity index (χ4n) is 5.91. The van der Waals surface area contributed by atoms with Crippen molar-refractivity contribution in [3.05, 3.63) is 65.4 Å². The van der Waals surface area contributed by atoms with Crippen molar-refractivity contribution in [1.82, 2.24) is 0 Å². The summed E-state index contributed by atoms with van der Waals surface area (Å²) < 4.78 is 8.89. The summed E-state index contributed by atoms with van der Waals surface area (Å²) in [6, 6.07) is 15.7. The van der Waals surface area contributed by atoms with Crippen LogP contribution in [0.25, 0.3) is 32.8 Å². The number of aryl methyl sites for hydroxylation is 3. The van der Waals surface area contributed by atoms with Crippen LogP contribution in [0.4, 0.5) is 0 Å². The number of ether oxygens (including phenoxy) is 1. The molecule has 0 radical (unpaired) electrons. The molecule has 1 aliphatic heterocycles. The molecule has 1 saturated carbocycles. The Hall–Kier alpha value is -2.87. The summed E-state index contributed by atoms with van der Waals surface area (Å²) in [4.78, 5) is 0. The standard InChI is InChI=1S/C28H28NO/c1-17-7-6-10-21-16-24-26(18(2)25(17)21)28-27-22(11-12-29(28)3)14-20(15-23(27)30-24)13-19-8-4-5-9-19/h6-7,10-12,14-16,19H,4-5,8-9,13H2,1-3H3/q+1. The molecule has 0 saturated heterocycles. The Kier molecular flexibility index (Phi) is 3.93. The molecule has 1 fully saturated rings. The number of fused-ring (bicyclic) bond motifs is 3. The second-order valence-corrected chi connectivity index (χ2v) is 9.34. The van der Waals surface area contributed by atoms with Gasteiger partial charge in [0.15, 0.2) is 6.20 Å². The van der Waals surface area contributed by atoms with Crippen molar-refractivity contribution in [2.75, 3.05) is 0 Å². The van der Waals surface area contributed by atoms with Gasteiger partial charge in [0, 0.05) is 6.07 Å².